The number of carbonyl (C=O) groups excluding carboxylic acids is 1. The Morgan fingerprint density at radius 3 is 2.90 bits per heavy atom. The number of amides is 1. The molecule has 2 atom stereocenters. The summed E-state index contributed by atoms with van der Waals surface area (Å²) in [5.41, 5.74) is 7.80. The third-order valence-corrected chi connectivity index (χ3v) is 3.70. The Balaban J connectivity index is 2.16. The van der Waals surface area contributed by atoms with Gasteiger partial charge in [-0.3, -0.25) is 9.78 Å². The van der Waals surface area contributed by atoms with Crippen molar-refractivity contribution in [3.8, 4) is 5.75 Å². The molecule has 1 amide bonds. The lowest BCUT2D eigenvalue weighted by Gasteiger charge is -2.17. The highest BCUT2D eigenvalue weighted by atomic mass is 16.5. The summed E-state index contributed by atoms with van der Waals surface area (Å²) in [6.45, 7) is 4.74. The fourth-order valence-electron chi connectivity index (χ4n) is 2.30. The van der Waals surface area contributed by atoms with E-state index in [1.54, 1.807) is 11.9 Å². The minimum absolute atomic E-state index is 0.0383. The summed E-state index contributed by atoms with van der Waals surface area (Å²) in [6, 6.07) is 3.86. The van der Waals surface area contributed by atoms with Gasteiger partial charge in [0.25, 0.3) is 5.91 Å². The zero-order valence-corrected chi connectivity index (χ0v) is 12.4. The number of rotatable bonds is 5. The van der Waals surface area contributed by atoms with Gasteiger partial charge in [0.05, 0.1) is 5.69 Å². The Morgan fingerprint density at radius 1 is 1.55 bits per heavy atom. The number of nitrogens with zero attached hydrogens (tertiary/aromatic N) is 2. The molecule has 5 nitrogen and oxygen atoms in total. The molecule has 1 aromatic heterocycles. The fraction of sp³-hybridized carbons (Fsp3) is 0.600. The van der Waals surface area contributed by atoms with Crippen LogP contribution in [0, 0.1) is 6.92 Å². The average Bonchev–Trinajstić information content (AvgIpc) is 2.73. The van der Waals surface area contributed by atoms with E-state index in [0.717, 1.165) is 30.8 Å². The highest BCUT2D eigenvalue weighted by Crippen LogP contribution is 2.23. The summed E-state index contributed by atoms with van der Waals surface area (Å²) in [5, 5.41) is 0. The predicted molar refractivity (Wildman–Crippen MR) is 77.6 cm³/mol. The minimum Gasteiger partial charge on any atom is -0.479 e. The van der Waals surface area contributed by atoms with Gasteiger partial charge in [0.1, 0.15) is 5.75 Å². The molecular formula is C15H23N3O2. The Hall–Kier alpha value is -1.62. The highest BCUT2D eigenvalue weighted by Gasteiger charge is 2.31. The zero-order valence-electron chi connectivity index (χ0n) is 12.4. The summed E-state index contributed by atoms with van der Waals surface area (Å²) in [7, 11) is 1.80. The van der Waals surface area contributed by atoms with Crippen LogP contribution in [0.1, 0.15) is 31.2 Å². The maximum Gasteiger partial charge on any atom is 0.263 e. The second-order valence-electron chi connectivity index (χ2n) is 5.42. The van der Waals surface area contributed by atoms with Gasteiger partial charge >= 0.3 is 0 Å². The van der Waals surface area contributed by atoms with Crippen LogP contribution in [0.25, 0.3) is 0 Å². The molecule has 1 fully saturated rings. The van der Waals surface area contributed by atoms with Gasteiger partial charge in [-0.2, -0.15) is 0 Å². The van der Waals surface area contributed by atoms with Crippen LogP contribution in [-0.4, -0.2) is 41.5 Å². The quantitative estimate of drug-likeness (QED) is 0.880. The molecule has 0 bridgehead atoms. The molecule has 0 aliphatic carbocycles. The van der Waals surface area contributed by atoms with E-state index in [0.29, 0.717) is 12.2 Å². The maximum absolute atomic E-state index is 11.9. The van der Waals surface area contributed by atoms with E-state index in [1.165, 1.54) is 0 Å². The van der Waals surface area contributed by atoms with Gasteiger partial charge in [0.2, 0.25) is 0 Å². The first-order valence-corrected chi connectivity index (χ1v) is 7.15. The van der Waals surface area contributed by atoms with Crippen molar-refractivity contribution in [2.24, 2.45) is 5.73 Å². The van der Waals surface area contributed by atoms with Crippen LogP contribution in [0.4, 0.5) is 0 Å². The first-order valence-electron chi connectivity index (χ1n) is 7.15. The lowest BCUT2D eigenvalue weighted by Crippen LogP contribution is -2.30. The highest BCUT2D eigenvalue weighted by molar-refractivity contribution is 5.83. The monoisotopic (exact) mass is 277 g/mol. The lowest BCUT2D eigenvalue weighted by molar-refractivity contribution is -0.132. The van der Waals surface area contributed by atoms with E-state index in [4.69, 9.17) is 10.5 Å². The molecule has 2 heterocycles. The van der Waals surface area contributed by atoms with E-state index in [9.17, 15) is 4.79 Å². The van der Waals surface area contributed by atoms with Crippen LogP contribution in [0.15, 0.2) is 12.1 Å². The molecule has 0 saturated carbocycles. The number of aromatic nitrogens is 1. The van der Waals surface area contributed by atoms with Gasteiger partial charge in [0.15, 0.2) is 6.10 Å². The molecule has 5 heteroatoms. The van der Waals surface area contributed by atoms with E-state index in [1.807, 2.05) is 19.1 Å². The molecule has 2 rings (SSSR count). The Morgan fingerprint density at radius 2 is 2.30 bits per heavy atom. The fourth-order valence-corrected chi connectivity index (χ4v) is 2.30. The van der Waals surface area contributed by atoms with Crippen LogP contribution >= 0.6 is 0 Å². The number of hydrogen-bond acceptors (Lipinski definition) is 4. The third-order valence-electron chi connectivity index (χ3n) is 3.70. The van der Waals surface area contributed by atoms with Crippen LogP contribution in [0.2, 0.25) is 0 Å². The number of nitrogens with two attached hydrogens (primary N) is 1. The lowest BCUT2D eigenvalue weighted by atomic mass is 10.1. The minimum atomic E-state index is -0.388. The molecule has 0 spiro atoms. The molecule has 1 aromatic rings. The summed E-state index contributed by atoms with van der Waals surface area (Å²) in [5.74, 6) is 0.726. The summed E-state index contributed by atoms with van der Waals surface area (Å²) >= 11 is 0. The smallest absolute Gasteiger partial charge is 0.263 e. The molecule has 2 N–H and O–H groups in total. The molecular weight excluding hydrogens is 254 g/mol. The normalized spacial score (nSPS) is 20.3. The van der Waals surface area contributed by atoms with Crippen molar-refractivity contribution < 1.29 is 9.53 Å². The molecule has 1 saturated heterocycles. The van der Waals surface area contributed by atoms with E-state index in [-0.39, 0.29) is 18.1 Å². The van der Waals surface area contributed by atoms with E-state index < -0.39 is 0 Å². The van der Waals surface area contributed by atoms with Crippen LogP contribution in [-0.2, 0) is 11.2 Å². The van der Waals surface area contributed by atoms with Crippen molar-refractivity contribution in [1.82, 2.24) is 9.88 Å². The number of ether oxygens (including phenoxy) is 1. The number of carbonyl (C=O) groups is 1. The molecule has 110 valence electrons. The second-order valence-corrected chi connectivity index (χ2v) is 5.42. The van der Waals surface area contributed by atoms with Crippen molar-refractivity contribution in [2.45, 2.75) is 45.3 Å². The SMILES string of the molecule is CCC(N)Cc1nc(C)ccc1OC1CCN(C)C1=O. The summed E-state index contributed by atoms with van der Waals surface area (Å²) in [6.07, 6.45) is 1.90. The van der Waals surface area contributed by atoms with Gasteiger partial charge in [-0.25, -0.2) is 0 Å². The van der Waals surface area contributed by atoms with Gasteiger partial charge in [-0.05, 0) is 25.5 Å². The Kier molecular flexibility index (Phi) is 4.60. The van der Waals surface area contributed by atoms with E-state index in [2.05, 4.69) is 11.9 Å². The van der Waals surface area contributed by atoms with Crippen molar-refractivity contribution in [2.75, 3.05) is 13.6 Å². The largest absolute Gasteiger partial charge is 0.479 e. The van der Waals surface area contributed by atoms with Gasteiger partial charge < -0.3 is 15.4 Å². The van der Waals surface area contributed by atoms with Gasteiger partial charge in [-0.1, -0.05) is 6.92 Å². The average molecular weight is 277 g/mol. The summed E-state index contributed by atoms with van der Waals surface area (Å²) in [4.78, 5) is 18.1. The first-order chi connectivity index (χ1) is 9.51. The number of aryl methyl sites for hydroxylation is 1. The Bertz CT molecular complexity index is 490. The molecule has 1 aliphatic heterocycles. The van der Waals surface area contributed by atoms with E-state index >= 15 is 0 Å². The zero-order chi connectivity index (χ0) is 14.7. The van der Waals surface area contributed by atoms with Crippen LogP contribution in [0.3, 0.4) is 0 Å². The van der Waals surface area contributed by atoms with Gasteiger partial charge in [-0.15, -0.1) is 0 Å². The predicted octanol–water partition coefficient (Wildman–Crippen LogP) is 1.28. The molecule has 20 heavy (non-hydrogen) atoms. The second kappa shape index (κ2) is 6.22. The maximum atomic E-state index is 11.9. The van der Waals surface area contributed by atoms with Crippen molar-refractivity contribution >= 4 is 5.91 Å². The number of likely N-dealkylation sites (tertiary alicyclic amines) is 1. The van der Waals surface area contributed by atoms with Crippen molar-refractivity contribution in [3.63, 3.8) is 0 Å². The molecule has 1 aliphatic rings. The van der Waals surface area contributed by atoms with Crippen molar-refractivity contribution in [1.29, 1.82) is 0 Å². The third kappa shape index (κ3) is 3.28. The summed E-state index contributed by atoms with van der Waals surface area (Å²) < 4.78 is 5.88. The number of likely N-dealkylation sites (N-methyl/N-ethyl adjacent to an activating group) is 1. The van der Waals surface area contributed by atoms with Gasteiger partial charge in [0, 0.05) is 38.2 Å². The Labute approximate surface area is 120 Å². The number of pyridine rings is 1. The standard InChI is InChI=1S/C15H23N3O2/c1-4-11(16)9-12-13(6-5-10(2)17-12)20-14-7-8-18(3)15(14)19/h5-6,11,14H,4,7-9,16H2,1-3H3. The van der Waals surface area contributed by atoms with Crippen LogP contribution in [0.5, 0.6) is 5.75 Å². The van der Waals surface area contributed by atoms with Crippen molar-refractivity contribution in [3.05, 3.63) is 23.5 Å². The topological polar surface area (TPSA) is 68.5 Å². The molecule has 0 radical (unpaired) electrons. The van der Waals surface area contributed by atoms with Crippen LogP contribution < -0.4 is 10.5 Å². The molecule has 0 aromatic carbocycles. The number of hydrogen-bond donors (Lipinski definition) is 1. The first kappa shape index (κ1) is 14.8. The molecule has 2 unspecified atom stereocenters.